The highest BCUT2D eigenvalue weighted by atomic mass is 16.4. The van der Waals surface area contributed by atoms with Crippen LogP contribution in [0.4, 0.5) is 0 Å². The van der Waals surface area contributed by atoms with Crippen LogP contribution in [0.15, 0.2) is 36.9 Å². The Morgan fingerprint density at radius 2 is 2.12 bits per heavy atom. The molecule has 6 nitrogen and oxygen atoms in total. The molecule has 0 spiro atoms. The maximum atomic E-state index is 10.3. The van der Waals surface area contributed by atoms with Crippen molar-refractivity contribution < 1.29 is 9.90 Å². The van der Waals surface area contributed by atoms with Crippen LogP contribution in [-0.2, 0) is 4.79 Å². The number of carbonyl (C=O) groups is 1. The summed E-state index contributed by atoms with van der Waals surface area (Å²) in [7, 11) is 0. The second-order valence-corrected chi connectivity index (χ2v) is 2.94. The van der Waals surface area contributed by atoms with Gasteiger partial charge < -0.3 is 5.11 Å². The minimum Gasteiger partial charge on any atom is -0.478 e. The number of hydrogen-bond donors (Lipinski definition) is 1. The maximum Gasteiger partial charge on any atom is 0.328 e. The third-order valence-electron chi connectivity index (χ3n) is 1.78. The molecule has 2 rings (SSSR count). The molecule has 80 valence electrons. The van der Waals surface area contributed by atoms with Crippen molar-refractivity contribution >= 4 is 12.0 Å². The predicted octanol–water partition coefficient (Wildman–Crippen LogP) is 0.760. The van der Waals surface area contributed by atoms with E-state index in [0.29, 0.717) is 11.5 Å². The largest absolute Gasteiger partial charge is 0.478 e. The average molecular weight is 216 g/mol. The maximum absolute atomic E-state index is 10.3. The van der Waals surface area contributed by atoms with Crippen molar-refractivity contribution in [2.45, 2.75) is 0 Å². The van der Waals surface area contributed by atoms with Crippen LogP contribution in [0.25, 0.3) is 12.0 Å². The molecule has 0 aromatic carbocycles. The number of aromatic nitrogens is 4. The molecular weight excluding hydrogens is 208 g/mol. The van der Waals surface area contributed by atoms with Gasteiger partial charge in [0.2, 0.25) is 5.95 Å². The number of rotatable bonds is 3. The van der Waals surface area contributed by atoms with Crippen LogP contribution in [0.5, 0.6) is 0 Å². The van der Waals surface area contributed by atoms with Crippen LogP contribution in [0.1, 0.15) is 5.56 Å². The fraction of sp³-hybridized carbons (Fsp3) is 0. The van der Waals surface area contributed by atoms with Gasteiger partial charge in [-0.3, -0.25) is 0 Å². The van der Waals surface area contributed by atoms with Crippen LogP contribution in [0, 0.1) is 0 Å². The van der Waals surface area contributed by atoms with Crippen molar-refractivity contribution in [3.8, 4) is 5.95 Å². The van der Waals surface area contributed by atoms with E-state index in [0.717, 1.165) is 6.08 Å². The molecule has 16 heavy (non-hydrogen) atoms. The van der Waals surface area contributed by atoms with Crippen molar-refractivity contribution in [2.75, 3.05) is 0 Å². The fourth-order valence-electron chi connectivity index (χ4n) is 1.11. The van der Waals surface area contributed by atoms with E-state index in [9.17, 15) is 4.79 Å². The van der Waals surface area contributed by atoms with Gasteiger partial charge in [0.25, 0.3) is 0 Å². The van der Waals surface area contributed by atoms with Gasteiger partial charge in [-0.05, 0) is 12.1 Å². The Labute approximate surface area is 90.9 Å². The monoisotopic (exact) mass is 216 g/mol. The lowest BCUT2D eigenvalue weighted by Gasteiger charge is -1.95. The molecule has 2 aromatic rings. The van der Waals surface area contributed by atoms with E-state index in [-0.39, 0.29) is 0 Å². The predicted molar refractivity (Wildman–Crippen MR) is 55.8 cm³/mol. The van der Waals surface area contributed by atoms with Gasteiger partial charge in [-0.25, -0.2) is 19.4 Å². The Bertz CT molecular complexity index is 519. The van der Waals surface area contributed by atoms with Crippen LogP contribution < -0.4 is 0 Å². The number of aliphatic carboxylic acids is 1. The van der Waals surface area contributed by atoms with Crippen molar-refractivity contribution in [3.05, 3.63) is 42.5 Å². The van der Waals surface area contributed by atoms with E-state index in [1.165, 1.54) is 17.0 Å². The third-order valence-corrected chi connectivity index (χ3v) is 1.78. The highest BCUT2D eigenvalue weighted by Crippen LogP contribution is 2.04. The number of carboxylic acids is 1. The molecule has 0 aliphatic heterocycles. The van der Waals surface area contributed by atoms with Gasteiger partial charge in [-0.1, -0.05) is 0 Å². The molecule has 0 saturated carbocycles. The zero-order valence-corrected chi connectivity index (χ0v) is 8.19. The smallest absolute Gasteiger partial charge is 0.328 e. The first kappa shape index (κ1) is 10.0. The van der Waals surface area contributed by atoms with Gasteiger partial charge >= 0.3 is 5.97 Å². The van der Waals surface area contributed by atoms with Gasteiger partial charge in [-0.2, -0.15) is 5.10 Å². The first-order valence-corrected chi connectivity index (χ1v) is 4.49. The molecular formula is C10H8N4O2. The summed E-state index contributed by atoms with van der Waals surface area (Å²) in [5.74, 6) is -0.554. The molecule has 0 unspecified atom stereocenters. The van der Waals surface area contributed by atoms with Crippen LogP contribution >= 0.6 is 0 Å². The van der Waals surface area contributed by atoms with E-state index in [4.69, 9.17) is 5.11 Å². The Hall–Kier alpha value is -2.50. The van der Waals surface area contributed by atoms with Gasteiger partial charge in [0, 0.05) is 30.2 Å². The summed E-state index contributed by atoms with van der Waals surface area (Å²) in [5.41, 5.74) is 0.676. The molecule has 6 heteroatoms. The van der Waals surface area contributed by atoms with Crippen molar-refractivity contribution in [2.24, 2.45) is 0 Å². The number of carboxylic acid groups (broad SMARTS) is 1. The molecule has 0 atom stereocenters. The Morgan fingerprint density at radius 3 is 2.81 bits per heavy atom. The molecule has 0 aliphatic rings. The van der Waals surface area contributed by atoms with Crippen molar-refractivity contribution in [1.29, 1.82) is 0 Å². The Morgan fingerprint density at radius 1 is 1.38 bits per heavy atom. The van der Waals surface area contributed by atoms with E-state index in [2.05, 4.69) is 15.1 Å². The Balaban J connectivity index is 2.23. The lowest BCUT2D eigenvalue weighted by molar-refractivity contribution is -0.131. The van der Waals surface area contributed by atoms with Crippen LogP contribution in [-0.4, -0.2) is 30.8 Å². The van der Waals surface area contributed by atoms with Gasteiger partial charge in [0.1, 0.15) is 0 Å². The Kier molecular flexibility index (Phi) is 2.73. The summed E-state index contributed by atoms with van der Waals surface area (Å²) in [6, 6.07) is 1.71. The second-order valence-electron chi connectivity index (χ2n) is 2.94. The number of nitrogens with zero attached hydrogens (tertiary/aromatic N) is 4. The molecule has 0 radical (unpaired) electrons. The second kappa shape index (κ2) is 4.35. The first-order valence-electron chi connectivity index (χ1n) is 4.49. The molecule has 0 saturated heterocycles. The van der Waals surface area contributed by atoms with Crippen LogP contribution in [0.2, 0.25) is 0 Å². The molecule has 0 fully saturated rings. The molecule has 0 bridgehead atoms. The van der Waals surface area contributed by atoms with Crippen molar-refractivity contribution in [1.82, 2.24) is 19.7 Å². The summed E-state index contributed by atoms with van der Waals surface area (Å²) in [5, 5.41) is 12.5. The molecule has 2 aromatic heterocycles. The normalized spacial score (nSPS) is 10.8. The first-order chi connectivity index (χ1) is 7.75. The highest BCUT2D eigenvalue weighted by molar-refractivity contribution is 5.85. The zero-order chi connectivity index (χ0) is 11.4. The number of hydrogen-bond acceptors (Lipinski definition) is 4. The SMILES string of the molecule is O=C(O)/C=C/c1cnn(-c2ncccn2)c1. The molecule has 0 aliphatic carbocycles. The van der Waals surface area contributed by atoms with E-state index in [1.54, 1.807) is 24.7 Å². The quantitative estimate of drug-likeness (QED) is 0.766. The van der Waals surface area contributed by atoms with Gasteiger partial charge in [-0.15, -0.1) is 0 Å². The average Bonchev–Trinajstić information content (AvgIpc) is 2.76. The molecule has 2 heterocycles. The van der Waals surface area contributed by atoms with E-state index < -0.39 is 5.97 Å². The lowest BCUT2D eigenvalue weighted by atomic mass is 10.3. The third kappa shape index (κ3) is 2.30. The minimum absolute atomic E-state index is 0.442. The molecule has 0 amide bonds. The summed E-state index contributed by atoms with van der Waals surface area (Å²) in [4.78, 5) is 18.3. The summed E-state index contributed by atoms with van der Waals surface area (Å²) in [6.07, 6.45) is 8.90. The zero-order valence-electron chi connectivity index (χ0n) is 8.19. The highest BCUT2D eigenvalue weighted by Gasteiger charge is 2.00. The summed E-state index contributed by atoms with van der Waals surface area (Å²) >= 11 is 0. The topological polar surface area (TPSA) is 80.9 Å². The van der Waals surface area contributed by atoms with Gasteiger partial charge in [0.15, 0.2) is 0 Å². The minimum atomic E-state index is -0.997. The lowest BCUT2D eigenvalue weighted by Crippen LogP contribution is -1.99. The fourth-order valence-corrected chi connectivity index (χ4v) is 1.11. The summed E-state index contributed by atoms with van der Waals surface area (Å²) < 4.78 is 1.47. The van der Waals surface area contributed by atoms with E-state index in [1.807, 2.05) is 0 Å². The standard InChI is InChI=1S/C10H8N4O2/c15-9(16)3-2-8-6-13-14(7-8)10-11-4-1-5-12-10/h1-7H,(H,15,16)/b3-2+. The van der Waals surface area contributed by atoms with E-state index >= 15 is 0 Å². The van der Waals surface area contributed by atoms with Gasteiger partial charge in [0.05, 0.1) is 6.20 Å². The summed E-state index contributed by atoms with van der Waals surface area (Å²) in [6.45, 7) is 0. The molecule has 1 N–H and O–H groups in total. The van der Waals surface area contributed by atoms with Crippen molar-refractivity contribution in [3.63, 3.8) is 0 Å². The van der Waals surface area contributed by atoms with Crippen LogP contribution in [0.3, 0.4) is 0 Å².